The lowest BCUT2D eigenvalue weighted by molar-refractivity contribution is 0.00303. The maximum Gasteiger partial charge on any atom is 0.188 e. The highest BCUT2D eigenvalue weighted by Gasteiger charge is 2.15. The van der Waals surface area contributed by atoms with E-state index >= 15 is 0 Å². The smallest absolute Gasteiger partial charge is 0.188 e. The molecule has 1 aromatic rings. The van der Waals surface area contributed by atoms with Gasteiger partial charge in [-0.3, -0.25) is 4.79 Å². The van der Waals surface area contributed by atoms with E-state index in [4.69, 9.17) is 4.74 Å². The molecule has 88 valence electrons. The third kappa shape index (κ3) is 3.46. The summed E-state index contributed by atoms with van der Waals surface area (Å²) >= 11 is 0. The van der Waals surface area contributed by atoms with E-state index in [1.54, 1.807) is 0 Å². The molecule has 0 aliphatic carbocycles. The van der Waals surface area contributed by atoms with Crippen LogP contribution in [0.25, 0.3) is 0 Å². The monoisotopic (exact) mass is 220 g/mol. The molecule has 0 radical (unpaired) electrons. The summed E-state index contributed by atoms with van der Waals surface area (Å²) in [6, 6.07) is 5.78. The summed E-state index contributed by atoms with van der Waals surface area (Å²) < 4.78 is 5.49. The molecular formula is C14H20O2. The number of hydrogen-bond donors (Lipinski definition) is 0. The highest BCUT2D eigenvalue weighted by atomic mass is 16.5. The van der Waals surface area contributed by atoms with Gasteiger partial charge in [-0.2, -0.15) is 0 Å². The Bertz CT molecular complexity index is 386. The average Bonchev–Trinajstić information content (AvgIpc) is 2.17. The molecule has 0 bridgehead atoms. The van der Waals surface area contributed by atoms with E-state index in [0.29, 0.717) is 0 Å². The zero-order chi connectivity index (χ0) is 12.3. The minimum atomic E-state index is -0.270. The Labute approximate surface area is 97.6 Å². The molecule has 2 nitrogen and oxygen atoms in total. The fourth-order valence-electron chi connectivity index (χ4n) is 1.41. The molecular weight excluding hydrogens is 200 g/mol. The molecule has 0 N–H and O–H groups in total. The molecule has 16 heavy (non-hydrogen) atoms. The number of carbonyl (C=O) groups excluding carboxylic acids is 1. The van der Waals surface area contributed by atoms with E-state index in [1.807, 2.05) is 52.8 Å². The SMILES string of the molecule is Cc1cccc(C(=O)COC(C)(C)C)c1C. The van der Waals surface area contributed by atoms with Crippen molar-refractivity contribution in [2.45, 2.75) is 40.2 Å². The van der Waals surface area contributed by atoms with Crippen LogP contribution in [0.2, 0.25) is 0 Å². The number of ketones is 1. The first kappa shape index (κ1) is 12.9. The summed E-state index contributed by atoms with van der Waals surface area (Å²) in [4.78, 5) is 11.9. The average molecular weight is 220 g/mol. The number of carbonyl (C=O) groups is 1. The fourth-order valence-corrected chi connectivity index (χ4v) is 1.41. The third-order valence-electron chi connectivity index (χ3n) is 2.54. The van der Waals surface area contributed by atoms with Crippen molar-refractivity contribution in [2.75, 3.05) is 6.61 Å². The molecule has 0 atom stereocenters. The molecule has 1 aromatic carbocycles. The first-order valence-electron chi connectivity index (χ1n) is 5.54. The van der Waals surface area contributed by atoms with Gasteiger partial charge in [0.2, 0.25) is 0 Å². The maximum absolute atomic E-state index is 11.9. The Balaban J connectivity index is 2.78. The lowest BCUT2D eigenvalue weighted by Crippen LogP contribution is -2.24. The van der Waals surface area contributed by atoms with Crippen LogP contribution in [0.15, 0.2) is 18.2 Å². The van der Waals surface area contributed by atoms with E-state index in [2.05, 4.69) is 0 Å². The summed E-state index contributed by atoms with van der Waals surface area (Å²) in [5.41, 5.74) is 2.68. The number of hydrogen-bond acceptors (Lipinski definition) is 2. The van der Waals surface area contributed by atoms with E-state index in [0.717, 1.165) is 16.7 Å². The van der Waals surface area contributed by atoms with Crippen LogP contribution in [0.3, 0.4) is 0 Å². The van der Waals surface area contributed by atoms with Crippen molar-refractivity contribution in [2.24, 2.45) is 0 Å². The first-order chi connectivity index (χ1) is 7.31. The number of rotatable bonds is 3. The van der Waals surface area contributed by atoms with Crippen LogP contribution < -0.4 is 0 Å². The van der Waals surface area contributed by atoms with E-state index in [9.17, 15) is 4.79 Å². The van der Waals surface area contributed by atoms with Gasteiger partial charge >= 0.3 is 0 Å². The Kier molecular flexibility index (Phi) is 3.87. The molecule has 0 spiro atoms. The van der Waals surface area contributed by atoms with Crippen LogP contribution >= 0.6 is 0 Å². The summed E-state index contributed by atoms with van der Waals surface area (Å²) in [7, 11) is 0. The van der Waals surface area contributed by atoms with Crippen molar-refractivity contribution >= 4 is 5.78 Å². The Morgan fingerprint density at radius 3 is 2.44 bits per heavy atom. The minimum Gasteiger partial charge on any atom is -0.368 e. The lowest BCUT2D eigenvalue weighted by Gasteiger charge is -2.19. The topological polar surface area (TPSA) is 26.3 Å². The van der Waals surface area contributed by atoms with Crippen molar-refractivity contribution in [3.63, 3.8) is 0 Å². The van der Waals surface area contributed by atoms with Crippen LogP contribution in [0.5, 0.6) is 0 Å². The van der Waals surface area contributed by atoms with Gasteiger partial charge in [0.25, 0.3) is 0 Å². The quantitative estimate of drug-likeness (QED) is 0.730. The van der Waals surface area contributed by atoms with Gasteiger partial charge in [0.05, 0.1) is 5.60 Å². The lowest BCUT2D eigenvalue weighted by atomic mass is 10.0. The number of aryl methyl sites for hydroxylation is 1. The molecule has 0 saturated heterocycles. The molecule has 0 saturated carbocycles. The third-order valence-corrected chi connectivity index (χ3v) is 2.54. The normalized spacial score (nSPS) is 11.6. The van der Waals surface area contributed by atoms with Gasteiger partial charge in [-0.15, -0.1) is 0 Å². The van der Waals surface area contributed by atoms with E-state index in [1.165, 1.54) is 0 Å². The predicted molar refractivity (Wildman–Crippen MR) is 66.0 cm³/mol. The standard InChI is InChI=1S/C14H20O2/c1-10-7-6-8-12(11(10)2)13(15)9-16-14(3,4)5/h6-8H,9H2,1-5H3. The van der Waals surface area contributed by atoms with Crippen LogP contribution in [0.1, 0.15) is 42.3 Å². The van der Waals surface area contributed by atoms with Crippen molar-refractivity contribution < 1.29 is 9.53 Å². The Morgan fingerprint density at radius 1 is 1.25 bits per heavy atom. The van der Waals surface area contributed by atoms with Crippen molar-refractivity contribution in [1.82, 2.24) is 0 Å². The number of benzene rings is 1. The highest BCUT2D eigenvalue weighted by Crippen LogP contribution is 2.15. The number of Topliss-reactive ketones (excluding diaryl/α,β-unsaturated/α-hetero) is 1. The van der Waals surface area contributed by atoms with Crippen molar-refractivity contribution in [3.05, 3.63) is 34.9 Å². The van der Waals surface area contributed by atoms with Crippen LogP contribution in [0.4, 0.5) is 0 Å². The minimum absolute atomic E-state index is 0.0520. The van der Waals surface area contributed by atoms with Crippen LogP contribution in [-0.4, -0.2) is 18.0 Å². The van der Waals surface area contributed by atoms with Crippen LogP contribution in [0, 0.1) is 13.8 Å². The van der Waals surface area contributed by atoms with Crippen LogP contribution in [-0.2, 0) is 4.74 Å². The Hall–Kier alpha value is -1.15. The molecule has 2 heteroatoms. The summed E-state index contributed by atoms with van der Waals surface area (Å²) in [6.07, 6.45) is 0. The molecule has 0 aliphatic heterocycles. The second kappa shape index (κ2) is 4.79. The molecule has 0 heterocycles. The zero-order valence-corrected chi connectivity index (χ0v) is 10.8. The highest BCUT2D eigenvalue weighted by molar-refractivity contribution is 5.98. The summed E-state index contributed by atoms with van der Waals surface area (Å²) in [5.74, 6) is 0.0520. The first-order valence-corrected chi connectivity index (χ1v) is 5.54. The molecule has 0 aliphatic rings. The zero-order valence-electron chi connectivity index (χ0n) is 10.8. The molecule has 0 aromatic heterocycles. The second-order valence-corrected chi connectivity index (χ2v) is 5.07. The second-order valence-electron chi connectivity index (χ2n) is 5.07. The van der Waals surface area contributed by atoms with Crippen molar-refractivity contribution in [3.8, 4) is 0 Å². The fraction of sp³-hybridized carbons (Fsp3) is 0.500. The molecule has 0 fully saturated rings. The van der Waals surface area contributed by atoms with Gasteiger partial charge in [0, 0.05) is 5.56 Å². The predicted octanol–water partition coefficient (Wildman–Crippen LogP) is 3.30. The van der Waals surface area contributed by atoms with Crippen molar-refractivity contribution in [1.29, 1.82) is 0 Å². The molecule has 1 rings (SSSR count). The number of ether oxygens (including phenoxy) is 1. The Morgan fingerprint density at radius 2 is 1.88 bits per heavy atom. The summed E-state index contributed by atoms with van der Waals surface area (Å²) in [6.45, 7) is 9.97. The van der Waals surface area contributed by atoms with Gasteiger partial charge in [-0.25, -0.2) is 0 Å². The molecule has 0 unspecified atom stereocenters. The largest absolute Gasteiger partial charge is 0.368 e. The van der Waals surface area contributed by atoms with E-state index in [-0.39, 0.29) is 18.0 Å². The van der Waals surface area contributed by atoms with Gasteiger partial charge in [0.15, 0.2) is 5.78 Å². The maximum atomic E-state index is 11.9. The van der Waals surface area contributed by atoms with Gasteiger partial charge in [0.1, 0.15) is 6.61 Å². The van der Waals surface area contributed by atoms with E-state index < -0.39 is 0 Å². The van der Waals surface area contributed by atoms with Gasteiger partial charge in [-0.05, 0) is 45.7 Å². The summed E-state index contributed by atoms with van der Waals surface area (Å²) in [5, 5.41) is 0. The van der Waals surface area contributed by atoms with Gasteiger partial charge in [-0.1, -0.05) is 18.2 Å². The van der Waals surface area contributed by atoms with Gasteiger partial charge < -0.3 is 4.74 Å². The molecule has 0 amide bonds.